The van der Waals surface area contributed by atoms with Crippen LogP contribution in [0.4, 0.5) is 10.5 Å². The van der Waals surface area contributed by atoms with Crippen LogP contribution >= 0.6 is 0 Å². The molecular formula is C20H27N3O4. The van der Waals surface area contributed by atoms with Gasteiger partial charge < -0.3 is 19.4 Å². The predicted molar refractivity (Wildman–Crippen MR) is 103 cm³/mol. The summed E-state index contributed by atoms with van der Waals surface area (Å²) in [6.45, 7) is 6.98. The largest absolute Gasteiger partial charge is 0.464 e. The first-order valence-corrected chi connectivity index (χ1v) is 9.10. The first-order chi connectivity index (χ1) is 12.9. The van der Waals surface area contributed by atoms with E-state index < -0.39 is 5.97 Å². The summed E-state index contributed by atoms with van der Waals surface area (Å²) in [5, 5.41) is 2.93. The Morgan fingerprint density at radius 1 is 1.33 bits per heavy atom. The highest BCUT2D eigenvalue weighted by Gasteiger charge is 2.19. The lowest BCUT2D eigenvalue weighted by molar-refractivity contribution is 0.0594. The molecule has 27 heavy (non-hydrogen) atoms. The zero-order chi connectivity index (χ0) is 19.8. The van der Waals surface area contributed by atoms with Crippen LogP contribution in [-0.2, 0) is 17.7 Å². The summed E-state index contributed by atoms with van der Waals surface area (Å²) >= 11 is 0. The fraction of sp³-hybridized carbons (Fsp3) is 0.450. The number of carbonyl (C=O) groups excluding carboxylic acids is 2. The second kappa shape index (κ2) is 9.75. The van der Waals surface area contributed by atoms with Gasteiger partial charge in [-0.3, -0.25) is 0 Å². The van der Waals surface area contributed by atoms with Gasteiger partial charge in [-0.1, -0.05) is 32.9 Å². The molecule has 0 bridgehead atoms. The Morgan fingerprint density at radius 2 is 2.11 bits per heavy atom. The van der Waals surface area contributed by atoms with E-state index in [0.717, 1.165) is 24.1 Å². The first kappa shape index (κ1) is 20.5. The number of urea groups is 1. The van der Waals surface area contributed by atoms with Crippen molar-refractivity contribution in [2.45, 2.75) is 40.2 Å². The molecule has 0 aliphatic carbocycles. The minimum atomic E-state index is -0.570. The van der Waals surface area contributed by atoms with E-state index in [4.69, 9.17) is 4.42 Å². The molecule has 1 heterocycles. The second-order valence-electron chi connectivity index (χ2n) is 6.71. The Hall–Kier alpha value is -2.83. The molecule has 0 aliphatic rings. The number of methoxy groups -OCH3 is 1. The molecule has 146 valence electrons. The number of hydrogen-bond donors (Lipinski definition) is 1. The van der Waals surface area contributed by atoms with Crippen molar-refractivity contribution in [3.8, 4) is 0 Å². The van der Waals surface area contributed by atoms with Crippen molar-refractivity contribution >= 4 is 17.7 Å². The van der Waals surface area contributed by atoms with Gasteiger partial charge in [0.25, 0.3) is 0 Å². The number of anilines is 1. The fourth-order valence-electron chi connectivity index (χ4n) is 2.48. The van der Waals surface area contributed by atoms with Crippen molar-refractivity contribution in [3.63, 3.8) is 0 Å². The molecule has 0 spiro atoms. The summed E-state index contributed by atoms with van der Waals surface area (Å²) in [7, 11) is 1.28. The first-order valence-electron chi connectivity index (χ1n) is 9.10. The van der Waals surface area contributed by atoms with Gasteiger partial charge in [-0.15, -0.1) is 0 Å². The van der Waals surface area contributed by atoms with Crippen LogP contribution in [0.25, 0.3) is 0 Å². The number of nitrogens with one attached hydrogen (secondary N) is 1. The standard InChI is InChI=1S/C20H27N3O4/c1-5-15-7-6-8-16(11-15)21-20(25)23(10-9-14(2)3)12-18-22-17(13-27-18)19(24)26-4/h6-8,11,13-14H,5,9-10,12H2,1-4H3,(H,21,25). The molecule has 0 radical (unpaired) electrons. The molecule has 0 saturated heterocycles. The summed E-state index contributed by atoms with van der Waals surface area (Å²) in [6.07, 6.45) is 2.98. The normalized spacial score (nSPS) is 10.7. The average molecular weight is 373 g/mol. The number of oxazole rings is 1. The zero-order valence-electron chi connectivity index (χ0n) is 16.3. The summed E-state index contributed by atoms with van der Waals surface area (Å²) in [5.74, 6) is 0.162. The van der Waals surface area contributed by atoms with E-state index >= 15 is 0 Å². The van der Waals surface area contributed by atoms with Gasteiger partial charge in [0.05, 0.1) is 13.7 Å². The Bertz CT molecular complexity index is 770. The van der Waals surface area contributed by atoms with Gasteiger partial charge >= 0.3 is 12.0 Å². The van der Waals surface area contributed by atoms with Crippen LogP contribution in [0, 0.1) is 5.92 Å². The maximum absolute atomic E-state index is 12.8. The van der Waals surface area contributed by atoms with E-state index in [0.29, 0.717) is 12.5 Å². The lowest BCUT2D eigenvalue weighted by Crippen LogP contribution is -2.36. The van der Waals surface area contributed by atoms with Gasteiger partial charge in [-0.05, 0) is 36.5 Å². The molecule has 2 aromatic rings. The van der Waals surface area contributed by atoms with Crippen LogP contribution in [-0.4, -0.2) is 35.5 Å². The number of benzene rings is 1. The van der Waals surface area contributed by atoms with E-state index in [-0.39, 0.29) is 24.2 Å². The Kier molecular flexibility index (Phi) is 7.40. The summed E-state index contributed by atoms with van der Waals surface area (Å²) < 4.78 is 9.96. The van der Waals surface area contributed by atoms with Gasteiger partial charge in [0.1, 0.15) is 6.26 Å². The SMILES string of the molecule is CCc1cccc(NC(=O)N(CCC(C)C)Cc2nc(C(=O)OC)co2)c1. The molecule has 0 saturated carbocycles. The lowest BCUT2D eigenvalue weighted by atomic mass is 10.1. The molecule has 2 amide bonds. The van der Waals surface area contributed by atoms with Crippen LogP contribution in [0.1, 0.15) is 49.1 Å². The van der Waals surface area contributed by atoms with E-state index in [1.165, 1.54) is 13.4 Å². The number of hydrogen-bond acceptors (Lipinski definition) is 5. The highest BCUT2D eigenvalue weighted by molar-refractivity contribution is 5.89. The molecule has 7 nitrogen and oxygen atoms in total. The summed E-state index contributed by atoms with van der Waals surface area (Å²) in [6, 6.07) is 7.52. The molecule has 0 unspecified atom stereocenters. The number of amides is 2. The number of aromatic nitrogens is 1. The monoisotopic (exact) mass is 373 g/mol. The zero-order valence-corrected chi connectivity index (χ0v) is 16.3. The van der Waals surface area contributed by atoms with Crippen molar-refractivity contribution in [2.75, 3.05) is 19.0 Å². The smallest absolute Gasteiger partial charge is 0.360 e. The lowest BCUT2D eigenvalue weighted by Gasteiger charge is -2.22. The fourth-order valence-corrected chi connectivity index (χ4v) is 2.48. The third-order valence-electron chi connectivity index (χ3n) is 4.12. The maximum Gasteiger partial charge on any atom is 0.360 e. The van der Waals surface area contributed by atoms with E-state index in [1.54, 1.807) is 4.90 Å². The maximum atomic E-state index is 12.8. The minimum absolute atomic E-state index is 0.0902. The Balaban J connectivity index is 2.11. The predicted octanol–water partition coefficient (Wildman–Crippen LogP) is 4.10. The quantitative estimate of drug-likeness (QED) is 0.704. The van der Waals surface area contributed by atoms with Crippen LogP contribution in [0.3, 0.4) is 0 Å². The van der Waals surface area contributed by atoms with Crippen molar-refractivity contribution in [3.05, 3.63) is 47.7 Å². The van der Waals surface area contributed by atoms with Gasteiger partial charge in [-0.25, -0.2) is 14.6 Å². The minimum Gasteiger partial charge on any atom is -0.464 e. The van der Waals surface area contributed by atoms with Crippen molar-refractivity contribution in [1.29, 1.82) is 0 Å². The van der Waals surface area contributed by atoms with Crippen molar-refractivity contribution < 1.29 is 18.7 Å². The van der Waals surface area contributed by atoms with E-state index in [9.17, 15) is 9.59 Å². The van der Waals surface area contributed by atoms with Crippen LogP contribution < -0.4 is 5.32 Å². The molecule has 2 rings (SSSR count). The number of rotatable bonds is 8. The van der Waals surface area contributed by atoms with Crippen LogP contribution in [0.15, 0.2) is 34.9 Å². The number of nitrogens with zero attached hydrogens (tertiary/aromatic N) is 2. The molecule has 1 aromatic carbocycles. The Morgan fingerprint density at radius 3 is 2.78 bits per heavy atom. The third kappa shape index (κ3) is 6.13. The number of carbonyl (C=O) groups is 2. The highest BCUT2D eigenvalue weighted by atomic mass is 16.5. The van der Waals surface area contributed by atoms with E-state index in [1.807, 2.05) is 24.3 Å². The van der Waals surface area contributed by atoms with Crippen LogP contribution in [0.5, 0.6) is 0 Å². The van der Waals surface area contributed by atoms with Gasteiger partial charge in [0.2, 0.25) is 5.89 Å². The average Bonchev–Trinajstić information content (AvgIpc) is 3.13. The van der Waals surface area contributed by atoms with E-state index in [2.05, 4.69) is 35.8 Å². The highest BCUT2D eigenvalue weighted by Crippen LogP contribution is 2.15. The Labute approximate surface area is 159 Å². The molecule has 7 heteroatoms. The summed E-state index contributed by atoms with van der Waals surface area (Å²) in [5.41, 5.74) is 1.99. The number of aryl methyl sites for hydroxylation is 1. The van der Waals surface area contributed by atoms with Gasteiger partial charge in [-0.2, -0.15) is 0 Å². The molecule has 1 aromatic heterocycles. The molecule has 1 N–H and O–H groups in total. The van der Waals surface area contributed by atoms with Gasteiger partial charge in [0, 0.05) is 12.2 Å². The van der Waals surface area contributed by atoms with Gasteiger partial charge in [0.15, 0.2) is 5.69 Å². The number of esters is 1. The summed E-state index contributed by atoms with van der Waals surface area (Å²) in [4.78, 5) is 30.0. The molecule has 0 fully saturated rings. The second-order valence-corrected chi connectivity index (χ2v) is 6.71. The van der Waals surface area contributed by atoms with Crippen molar-refractivity contribution in [1.82, 2.24) is 9.88 Å². The molecular weight excluding hydrogens is 346 g/mol. The molecule has 0 atom stereocenters. The van der Waals surface area contributed by atoms with Crippen LogP contribution in [0.2, 0.25) is 0 Å². The topological polar surface area (TPSA) is 84.7 Å². The number of ether oxygens (including phenoxy) is 1. The molecule has 0 aliphatic heterocycles. The van der Waals surface area contributed by atoms with Crippen molar-refractivity contribution in [2.24, 2.45) is 5.92 Å². The third-order valence-corrected chi connectivity index (χ3v) is 4.12.